The van der Waals surface area contributed by atoms with Crippen molar-refractivity contribution in [3.05, 3.63) is 51.6 Å². The van der Waals surface area contributed by atoms with Crippen LogP contribution in [-0.4, -0.2) is 27.0 Å². The first kappa shape index (κ1) is 17.4. The van der Waals surface area contributed by atoms with Gasteiger partial charge in [-0.2, -0.15) is 0 Å². The lowest BCUT2D eigenvalue weighted by atomic mass is 10.2. The highest BCUT2D eigenvalue weighted by atomic mass is 35.5. The Labute approximate surface area is 144 Å². The fraction of sp³-hybridized carbons (Fsp3) is 0.250. The van der Waals surface area contributed by atoms with Gasteiger partial charge in [-0.05, 0) is 37.6 Å². The number of carboxylic acids is 1. The number of halogens is 2. The fourth-order valence-electron chi connectivity index (χ4n) is 1.93. The molecule has 2 rings (SSSR count). The van der Waals surface area contributed by atoms with Gasteiger partial charge < -0.3 is 9.84 Å². The van der Waals surface area contributed by atoms with Gasteiger partial charge in [0.15, 0.2) is 0 Å². The first-order valence-electron chi connectivity index (χ1n) is 6.94. The van der Waals surface area contributed by atoms with Crippen molar-refractivity contribution in [3.8, 4) is 5.88 Å². The maximum absolute atomic E-state index is 10.7. The van der Waals surface area contributed by atoms with Gasteiger partial charge in [-0.3, -0.25) is 4.68 Å². The molecule has 0 aliphatic carbocycles. The first-order valence-corrected chi connectivity index (χ1v) is 7.70. The molecule has 0 fully saturated rings. The Balaban J connectivity index is 2.34. The zero-order chi connectivity index (χ0) is 17.0. The highest BCUT2D eigenvalue weighted by molar-refractivity contribution is 6.35. The minimum atomic E-state index is -1.03. The average Bonchev–Trinajstić information content (AvgIpc) is 2.80. The molecular weight excluding hydrogens is 339 g/mol. The van der Waals surface area contributed by atoms with Crippen molar-refractivity contribution in [2.45, 2.75) is 26.5 Å². The maximum atomic E-state index is 10.7. The Morgan fingerprint density at radius 3 is 2.74 bits per heavy atom. The molecule has 0 aliphatic heterocycles. The van der Waals surface area contributed by atoms with Crippen LogP contribution in [0.4, 0.5) is 0 Å². The normalized spacial score (nSPS) is 11.3. The molecule has 1 aromatic carbocycles. The summed E-state index contributed by atoms with van der Waals surface area (Å²) in [4.78, 5) is 10.7. The number of carboxylic acid groups (broad SMARTS) is 1. The van der Waals surface area contributed by atoms with Crippen molar-refractivity contribution in [2.75, 3.05) is 0 Å². The van der Waals surface area contributed by atoms with E-state index in [0.717, 1.165) is 11.6 Å². The molecule has 0 atom stereocenters. The molecule has 1 N–H and O–H groups in total. The molecule has 0 saturated carbocycles. The molecule has 0 radical (unpaired) electrons. The number of hydrogen-bond acceptors (Lipinski definition) is 3. The molecule has 23 heavy (non-hydrogen) atoms. The standard InChI is InChI=1S/C16H16Cl2N2O3/c1-10(2)23-15-8-13(5-6-16(21)22)20(19-15)9-11-3-4-12(17)7-14(11)18/h3-8,10H,9H2,1-2H3,(H,21,22). The first-order chi connectivity index (χ1) is 10.8. The average molecular weight is 355 g/mol. The van der Waals surface area contributed by atoms with Gasteiger partial charge in [0.05, 0.1) is 18.3 Å². The second-order valence-corrected chi connectivity index (χ2v) is 5.98. The highest BCUT2D eigenvalue weighted by Crippen LogP contribution is 2.23. The number of rotatable bonds is 6. The smallest absolute Gasteiger partial charge is 0.328 e. The summed E-state index contributed by atoms with van der Waals surface area (Å²) in [5, 5.41) is 14.2. The molecule has 0 aliphatic rings. The van der Waals surface area contributed by atoms with Crippen LogP contribution in [0, 0.1) is 0 Å². The molecule has 0 bridgehead atoms. The van der Waals surface area contributed by atoms with Crippen LogP contribution >= 0.6 is 23.2 Å². The van der Waals surface area contributed by atoms with Crippen molar-refractivity contribution < 1.29 is 14.6 Å². The van der Waals surface area contributed by atoms with E-state index >= 15 is 0 Å². The van der Waals surface area contributed by atoms with Crippen LogP contribution in [-0.2, 0) is 11.3 Å². The Morgan fingerprint density at radius 1 is 1.39 bits per heavy atom. The lowest BCUT2D eigenvalue weighted by Gasteiger charge is -2.08. The number of ether oxygens (including phenoxy) is 1. The van der Waals surface area contributed by atoms with E-state index in [-0.39, 0.29) is 6.10 Å². The van der Waals surface area contributed by atoms with E-state index in [1.165, 1.54) is 6.08 Å². The number of nitrogens with zero attached hydrogens (tertiary/aromatic N) is 2. The van der Waals surface area contributed by atoms with Crippen LogP contribution in [0.1, 0.15) is 25.1 Å². The SMILES string of the molecule is CC(C)Oc1cc(C=CC(=O)O)n(Cc2ccc(Cl)cc2Cl)n1. The van der Waals surface area contributed by atoms with Gasteiger partial charge in [0, 0.05) is 22.2 Å². The molecule has 5 nitrogen and oxygen atoms in total. The number of carbonyl (C=O) groups is 1. The number of aromatic nitrogens is 2. The summed E-state index contributed by atoms with van der Waals surface area (Å²) in [6, 6.07) is 6.88. The summed E-state index contributed by atoms with van der Waals surface area (Å²) in [5.41, 5.74) is 1.43. The van der Waals surface area contributed by atoms with Gasteiger partial charge in [-0.25, -0.2) is 4.79 Å². The molecule has 0 spiro atoms. The third-order valence-electron chi connectivity index (χ3n) is 2.88. The van der Waals surface area contributed by atoms with Crippen molar-refractivity contribution in [1.82, 2.24) is 9.78 Å². The Hall–Kier alpha value is -1.98. The second-order valence-electron chi connectivity index (χ2n) is 5.14. The zero-order valence-electron chi connectivity index (χ0n) is 12.7. The number of aliphatic carboxylic acids is 1. The molecule has 1 aromatic heterocycles. The third-order valence-corrected chi connectivity index (χ3v) is 3.46. The van der Waals surface area contributed by atoms with E-state index < -0.39 is 5.97 Å². The summed E-state index contributed by atoms with van der Waals surface area (Å²) in [5.74, 6) is -0.608. The van der Waals surface area contributed by atoms with Crippen molar-refractivity contribution in [3.63, 3.8) is 0 Å². The van der Waals surface area contributed by atoms with Crippen LogP contribution in [0.3, 0.4) is 0 Å². The summed E-state index contributed by atoms with van der Waals surface area (Å²) in [7, 11) is 0. The van der Waals surface area contributed by atoms with E-state index in [2.05, 4.69) is 5.10 Å². The van der Waals surface area contributed by atoms with Gasteiger partial charge >= 0.3 is 5.97 Å². The zero-order valence-corrected chi connectivity index (χ0v) is 14.2. The van der Waals surface area contributed by atoms with Crippen LogP contribution in [0.2, 0.25) is 10.0 Å². The van der Waals surface area contributed by atoms with Gasteiger partial charge in [0.2, 0.25) is 5.88 Å². The van der Waals surface area contributed by atoms with E-state index in [1.807, 2.05) is 13.8 Å². The highest BCUT2D eigenvalue weighted by Gasteiger charge is 2.11. The molecule has 122 valence electrons. The van der Waals surface area contributed by atoms with Gasteiger partial charge in [-0.1, -0.05) is 29.3 Å². The molecule has 0 saturated heterocycles. The molecule has 1 heterocycles. The minimum absolute atomic E-state index is 0.0335. The van der Waals surface area contributed by atoms with Crippen LogP contribution in [0.25, 0.3) is 6.08 Å². The van der Waals surface area contributed by atoms with Crippen molar-refractivity contribution >= 4 is 35.2 Å². The summed E-state index contributed by atoms with van der Waals surface area (Å²) in [6.45, 7) is 4.15. The van der Waals surface area contributed by atoms with Crippen LogP contribution in [0.5, 0.6) is 5.88 Å². The van der Waals surface area contributed by atoms with E-state index in [9.17, 15) is 4.79 Å². The van der Waals surface area contributed by atoms with E-state index in [1.54, 1.807) is 28.9 Å². The monoisotopic (exact) mass is 354 g/mol. The third kappa shape index (κ3) is 5.01. The van der Waals surface area contributed by atoms with Gasteiger partial charge in [-0.15, -0.1) is 5.10 Å². The largest absolute Gasteiger partial charge is 0.478 e. The van der Waals surface area contributed by atoms with Crippen LogP contribution < -0.4 is 4.74 Å². The van der Waals surface area contributed by atoms with Gasteiger partial charge in [0.1, 0.15) is 0 Å². The van der Waals surface area contributed by atoms with Crippen molar-refractivity contribution in [2.24, 2.45) is 0 Å². The maximum Gasteiger partial charge on any atom is 0.328 e. The molecule has 2 aromatic rings. The Bertz CT molecular complexity index is 739. The molecule has 0 amide bonds. The van der Waals surface area contributed by atoms with Crippen LogP contribution in [0.15, 0.2) is 30.3 Å². The predicted octanol–water partition coefficient (Wildman–Crippen LogP) is 4.12. The Kier molecular flexibility index (Phi) is 5.69. The van der Waals surface area contributed by atoms with E-state index in [0.29, 0.717) is 28.2 Å². The van der Waals surface area contributed by atoms with Crippen molar-refractivity contribution in [1.29, 1.82) is 0 Å². The van der Waals surface area contributed by atoms with E-state index in [4.69, 9.17) is 33.0 Å². The number of hydrogen-bond donors (Lipinski definition) is 1. The summed E-state index contributed by atoms with van der Waals surface area (Å²) >= 11 is 12.1. The lowest BCUT2D eigenvalue weighted by molar-refractivity contribution is -0.131. The minimum Gasteiger partial charge on any atom is -0.478 e. The number of benzene rings is 1. The predicted molar refractivity (Wildman–Crippen MR) is 90.2 cm³/mol. The molecular formula is C16H16Cl2N2O3. The second kappa shape index (κ2) is 7.53. The topological polar surface area (TPSA) is 64.3 Å². The molecule has 0 unspecified atom stereocenters. The summed E-state index contributed by atoms with van der Waals surface area (Å²) < 4.78 is 7.19. The Morgan fingerprint density at radius 2 is 2.13 bits per heavy atom. The van der Waals surface area contributed by atoms with Gasteiger partial charge in [0.25, 0.3) is 0 Å². The summed E-state index contributed by atoms with van der Waals surface area (Å²) in [6.07, 6.45) is 2.48. The quantitative estimate of drug-likeness (QED) is 0.792. The fourth-order valence-corrected chi connectivity index (χ4v) is 2.40. The molecule has 7 heteroatoms. The lowest BCUT2D eigenvalue weighted by Crippen LogP contribution is -2.08.